The topological polar surface area (TPSA) is 138 Å². The standard InChI is InChI=1S/C35H51FN4O7S/c1-24-21-40(25(2)23-41)34(42)31-20-29(38-35(43)37-28-11-6-5-7-12-28)15-18-32(31)47-26(3)10-8-9-19-46-33(24)22-39(4)48(44,45)30-16-13-27(36)14-17-30/h13-18,20,24-26,28,33,41H,5-12,19,21-23H2,1-4H3,(H2,37,38,43)/t24-,25-,26-,33-/m1/s1. The average Bonchev–Trinajstić information content (AvgIpc) is 3.06. The molecule has 1 aliphatic carbocycles. The highest BCUT2D eigenvalue weighted by Gasteiger charge is 2.32. The van der Waals surface area contributed by atoms with Crippen LogP contribution in [0.4, 0.5) is 14.9 Å². The summed E-state index contributed by atoms with van der Waals surface area (Å²) in [5.41, 5.74) is 0.682. The lowest BCUT2D eigenvalue weighted by Crippen LogP contribution is -2.48. The normalized spacial score (nSPS) is 22.7. The number of aliphatic hydroxyl groups excluding tert-OH is 1. The zero-order chi connectivity index (χ0) is 34.8. The number of hydrogen-bond acceptors (Lipinski definition) is 7. The molecule has 11 nitrogen and oxygen atoms in total. The number of halogens is 1. The first kappa shape index (κ1) is 37.6. The number of carbonyl (C=O) groups excluding carboxylic acids is 2. The Hall–Kier alpha value is -3.26. The molecule has 3 N–H and O–H groups in total. The van der Waals surface area contributed by atoms with Crippen molar-refractivity contribution < 1.29 is 37.0 Å². The molecule has 1 saturated carbocycles. The maximum Gasteiger partial charge on any atom is 0.319 e. The van der Waals surface area contributed by atoms with Crippen LogP contribution in [0.25, 0.3) is 0 Å². The summed E-state index contributed by atoms with van der Waals surface area (Å²) >= 11 is 0. The number of amides is 3. The van der Waals surface area contributed by atoms with Crippen LogP contribution in [0.3, 0.4) is 0 Å². The summed E-state index contributed by atoms with van der Waals surface area (Å²) in [7, 11) is -2.49. The Morgan fingerprint density at radius 3 is 2.44 bits per heavy atom. The quantitative estimate of drug-likeness (QED) is 0.338. The molecule has 0 radical (unpaired) electrons. The molecule has 0 unspecified atom stereocenters. The van der Waals surface area contributed by atoms with Gasteiger partial charge in [0.05, 0.1) is 35.3 Å². The Morgan fingerprint density at radius 1 is 1.06 bits per heavy atom. The number of anilines is 1. The van der Waals surface area contributed by atoms with Crippen molar-refractivity contribution in [1.82, 2.24) is 14.5 Å². The highest BCUT2D eigenvalue weighted by Crippen LogP contribution is 2.29. The molecular formula is C35H51FN4O7S. The van der Waals surface area contributed by atoms with E-state index in [4.69, 9.17) is 9.47 Å². The first-order valence-electron chi connectivity index (χ1n) is 17.0. The van der Waals surface area contributed by atoms with E-state index in [-0.39, 0.29) is 54.3 Å². The molecule has 0 saturated heterocycles. The van der Waals surface area contributed by atoms with Crippen LogP contribution in [0.15, 0.2) is 47.4 Å². The largest absolute Gasteiger partial charge is 0.490 e. The summed E-state index contributed by atoms with van der Waals surface area (Å²) in [5.74, 6) is -0.912. The molecule has 3 amide bonds. The Bertz CT molecular complexity index is 1470. The van der Waals surface area contributed by atoms with Gasteiger partial charge in [0.2, 0.25) is 10.0 Å². The second-order valence-electron chi connectivity index (χ2n) is 13.2. The molecule has 2 aromatic rings. The van der Waals surface area contributed by atoms with Gasteiger partial charge in [-0.05, 0) is 88.4 Å². The van der Waals surface area contributed by atoms with E-state index in [0.717, 1.165) is 44.2 Å². The van der Waals surface area contributed by atoms with Crippen molar-refractivity contribution in [3.8, 4) is 5.75 Å². The third-order valence-corrected chi connectivity index (χ3v) is 11.0. The Balaban J connectivity index is 1.60. The number of urea groups is 1. The van der Waals surface area contributed by atoms with Crippen LogP contribution in [-0.2, 0) is 14.8 Å². The van der Waals surface area contributed by atoms with Gasteiger partial charge in [0.1, 0.15) is 11.6 Å². The van der Waals surface area contributed by atoms with E-state index in [1.165, 1.54) is 29.9 Å². The van der Waals surface area contributed by atoms with Crippen LogP contribution in [0.1, 0.15) is 82.5 Å². The van der Waals surface area contributed by atoms with Crippen molar-refractivity contribution >= 4 is 27.6 Å². The lowest BCUT2D eigenvalue weighted by atomic mass is 9.96. The van der Waals surface area contributed by atoms with E-state index in [9.17, 15) is 27.5 Å². The molecule has 0 spiro atoms. The zero-order valence-electron chi connectivity index (χ0n) is 28.5. The van der Waals surface area contributed by atoms with Gasteiger partial charge in [-0.1, -0.05) is 26.2 Å². The second kappa shape index (κ2) is 17.4. The van der Waals surface area contributed by atoms with Crippen LogP contribution in [0.5, 0.6) is 5.75 Å². The molecule has 4 atom stereocenters. The fourth-order valence-corrected chi connectivity index (χ4v) is 7.38. The monoisotopic (exact) mass is 690 g/mol. The predicted molar refractivity (Wildman–Crippen MR) is 182 cm³/mol. The molecule has 2 aromatic carbocycles. The summed E-state index contributed by atoms with van der Waals surface area (Å²) in [6.45, 7) is 5.76. The highest BCUT2D eigenvalue weighted by molar-refractivity contribution is 7.89. The molecule has 0 bridgehead atoms. The van der Waals surface area contributed by atoms with E-state index in [2.05, 4.69) is 10.6 Å². The number of likely N-dealkylation sites (N-methyl/N-ethyl adjacent to an activating group) is 1. The van der Waals surface area contributed by atoms with Gasteiger partial charge in [-0.15, -0.1) is 0 Å². The second-order valence-corrected chi connectivity index (χ2v) is 15.2. The van der Waals surface area contributed by atoms with Gasteiger partial charge in [0.25, 0.3) is 5.91 Å². The number of aliphatic hydroxyl groups is 1. The molecule has 48 heavy (non-hydrogen) atoms. The molecular weight excluding hydrogens is 639 g/mol. The third-order valence-electron chi connectivity index (χ3n) is 9.21. The molecule has 1 aliphatic heterocycles. The summed E-state index contributed by atoms with van der Waals surface area (Å²) in [4.78, 5) is 28.7. The Labute approximate surface area is 284 Å². The van der Waals surface area contributed by atoms with E-state index in [0.29, 0.717) is 30.9 Å². The molecule has 1 heterocycles. The van der Waals surface area contributed by atoms with E-state index in [1.54, 1.807) is 30.0 Å². The minimum Gasteiger partial charge on any atom is -0.490 e. The lowest BCUT2D eigenvalue weighted by Gasteiger charge is -2.35. The average molecular weight is 691 g/mol. The van der Waals surface area contributed by atoms with E-state index in [1.807, 2.05) is 13.8 Å². The predicted octanol–water partition coefficient (Wildman–Crippen LogP) is 5.40. The van der Waals surface area contributed by atoms with Crippen molar-refractivity contribution in [2.75, 3.05) is 38.7 Å². The van der Waals surface area contributed by atoms with Gasteiger partial charge in [-0.25, -0.2) is 17.6 Å². The lowest BCUT2D eigenvalue weighted by molar-refractivity contribution is -0.00834. The van der Waals surface area contributed by atoms with Gasteiger partial charge in [-0.2, -0.15) is 4.31 Å². The fraction of sp³-hybridized carbons (Fsp3) is 0.600. The Morgan fingerprint density at radius 2 is 1.75 bits per heavy atom. The maximum atomic E-state index is 14.3. The van der Waals surface area contributed by atoms with Crippen molar-refractivity contribution in [1.29, 1.82) is 0 Å². The smallest absolute Gasteiger partial charge is 0.319 e. The van der Waals surface area contributed by atoms with Gasteiger partial charge in [0.15, 0.2) is 0 Å². The summed E-state index contributed by atoms with van der Waals surface area (Å²) in [6, 6.07) is 8.87. The minimum atomic E-state index is -3.95. The van der Waals surface area contributed by atoms with Gasteiger partial charge in [-0.3, -0.25) is 4.79 Å². The molecule has 2 aliphatic rings. The van der Waals surface area contributed by atoms with Crippen molar-refractivity contribution in [2.45, 2.75) is 101 Å². The van der Waals surface area contributed by atoms with Crippen LogP contribution in [-0.4, -0.2) is 92.3 Å². The Kier molecular flexibility index (Phi) is 13.6. The molecule has 0 aromatic heterocycles. The molecule has 13 heteroatoms. The third kappa shape index (κ3) is 10.1. The summed E-state index contributed by atoms with van der Waals surface area (Å²) in [5, 5.41) is 16.1. The molecule has 4 rings (SSSR count). The first-order chi connectivity index (χ1) is 22.9. The van der Waals surface area contributed by atoms with Crippen LogP contribution >= 0.6 is 0 Å². The van der Waals surface area contributed by atoms with Gasteiger partial charge >= 0.3 is 6.03 Å². The first-order valence-corrected chi connectivity index (χ1v) is 18.5. The number of nitrogens with one attached hydrogen (secondary N) is 2. The van der Waals surface area contributed by atoms with E-state index >= 15 is 0 Å². The zero-order valence-corrected chi connectivity index (χ0v) is 29.3. The van der Waals surface area contributed by atoms with Crippen LogP contribution < -0.4 is 15.4 Å². The molecule has 266 valence electrons. The minimum absolute atomic E-state index is 0.00329. The summed E-state index contributed by atoms with van der Waals surface area (Å²) < 4.78 is 53.9. The highest BCUT2D eigenvalue weighted by atomic mass is 32.2. The van der Waals surface area contributed by atoms with Crippen molar-refractivity contribution in [3.05, 3.63) is 53.8 Å². The fourth-order valence-electron chi connectivity index (χ4n) is 6.20. The molecule has 1 fully saturated rings. The number of sulfonamides is 1. The number of ether oxygens (including phenoxy) is 2. The number of benzene rings is 2. The van der Waals surface area contributed by atoms with Crippen LogP contribution in [0, 0.1) is 11.7 Å². The number of rotatable bonds is 8. The number of nitrogens with zero attached hydrogens (tertiary/aromatic N) is 2. The van der Waals surface area contributed by atoms with Crippen LogP contribution in [0.2, 0.25) is 0 Å². The number of fused-ring (bicyclic) bond motifs is 1. The van der Waals surface area contributed by atoms with Crippen molar-refractivity contribution in [2.24, 2.45) is 5.92 Å². The van der Waals surface area contributed by atoms with E-state index < -0.39 is 33.9 Å². The summed E-state index contributed by atoms with van der Waals surface area (Å²) in [6.07, 6.45) is 6.57. The van der Waals surface area contributed by atoms with Gasteiger partial charge in [0, 0.05) is 44.4 Å². The maximum absolute atomic E-state index is 14.3. The number of carbonyl (C=O) groups is 2. The van der Waals surface area contributed by atoms with Gasteiger partial charge < -0.3 is 30.1 Å². The van der Waals surface area contributed by atoms with Crippen molar-refractivity contribution in [3.63, 3.8) is 0 Å². The SMILES string of the molecule is C[C@@H]1CCCCO[C@H](CN(C)S(=O)(=O)c2ccc(F)cc2)[C@H](C)CN([C@H](C)CO)C(=O)c2cc(NC(=O)NC3CCCCC3)ccc2O1. The number of hydrogen-bond donors (Lipinski definition) is 3.